The van der Waals surface area contributed by atoms with Crippen LogP contribution in [-0.4, -0.2) is 24.1 Å². The van der Waals surface area contributed by atoms with Gasteiger partial charge in [-0.2, -0.15) is 0 Å². The van der Waals surface area contributed by atoms with E-state index in [1.165, 1.54) is 7.11 Å². The average Bonchev–Trinajstić information content (AvgIpc) is 2.83. The second-order valence-corrected chi connectivity index (χ2v) is 7.51. The van der Waals surface area contributed by atoms with Gasteiger partial charge in [-0.15, -0.1) is 0 Å². The molecule has 0 heterocycles. The van der Waals surface area contributed by atoms with Gasteiger partial charge in [0.1, 0.15) is 5.75 Å². The number of nitrogens with one attached hydrogen (secondary N) is 1. The molecule has 0 aliphatic heterocycles. The SMILES string of the molecule is COC(=O)C[C@@H](NC(=O)c1cc2ccccc2cc1O)c1ccc(-c2ccccc2)cc1. The van der Waals surface area contributed by atoms with Crippen LogP contribution in [-0.2, 0) is 9.53 Å². The Hall–Kier alpha value is -4.12. The zero-order chi connectivity index (χ0) is 22.5. The molecule has 0 fully saturated rings. The molecule has 0 unspecified atom stereocenters. The van der Waals surface area contributed by atoms with Crippen molar-refractivity contribution in [3.63, 3.8) is 0 Å². The van der Waals surface area contributed by atoms with Crippen molar-refractivity contribution < 1.29 is 19.4 Å². The number of amides is 1. The molecule has 4 aromatic carbocycles. The highest BCUT2D eigenvalue weighted by molar-refractivity contribution is 6.01. The third-order valence-corrected chi connectivity index (χ3v) is 5.43. The summed E-state index contributed by atoms with van der Waals surface area (Å²) in [5, 5.41) is 15.0. The summed E-state index contributed by atoms with van der Waals surface area (Å²) < 4.78 is 4.82. The molecule has 0 aliphatic carbocycles. The molecule has 1 amide bonds. The highest BCUT2D eigenvalue weighted by Gasteiger charge is 2.22. The summed E-state index contributed by atoms with van der Waals surface area (Å²) in [5.41, 5.74) is 3.03. The molecular formula is C27H23NO4. The normalized spacial score (nSPS) is 11.7. The first-order valence-electron chi connectivity index (χ1n) is 10.3. The summed E-state index contributed by atoms with van der Waals surface area (Å²) in [6.45, 7) is 0. The lowest BCUT2D eigenvalue weighted by atomic mass is 9.98. The summed E-state index contributed by atoms with van der Waals surface area (Å²) in [7, 11) is 1.31. The van der Waals surface area contributed by atoms with Gasteiger partial charge < -0.3 is 15.2 Å². The van der Waals surface area contributed by atoms with Gasteiger partial charge in [0.15, 0.2) is 0 Å². The molecule has 1 atom stereocenters. The number of phenols is 1. The lowest BCUT2D eigenvalue weighted by molar-refractivity contribution is -0.141. The molecule has 0 radical (unpaired) electrons. The van der Waals surface area contributed by atoms with E-state index < -0.39 is 17.9 Å². The Bertz CT molecular complexity index is 1250. The first-order chi connectivity index (χ1) is 15.5. The zero-order valence-corrected chi connectivity index (χ0v) is 17.6. The molecule has 0 bridgehead atoms. The molecule has 4 aromatic rings. The van der Waals surface area contributed by atoms with Gasteiger partial charge in [0.2, 0.25) is 0 Å². The van der Waals surface area contributed by atoms with Crippen molar-refractivity contribution >= 4 is 22.6 Å². The number of hydrogen-bond donors (Lipinski definition) is 2. The van der Waals surface area contributed by atoms with E-state index in [1.54, 1.807) is 12.1 Å². The fourth-order valence-electron chi connectivity index (χ4n) is 3.69. The molecule has 0 aromatic heterocycles. The van der Waals surface area contributed by atoms with Gasteiger partial charge in [0.25, 0.3) is 5.91 Å². The molecule has 4 rings (SSSR count). The summed E-state index contributed by atoms with van der Waals surface area (Å²) in [4.78, 5) is 25.0. The Labute approximate surface area is 186 Å². The second kappa shape index (κ2) is 9.35. The van der Waals surface area contributed by atoms with Crippen molar-refractivity contribution in [2.75, 3.05) is 7.11 Å². The van der Waals surface area contributed by atoms with Crippen LogP contribution >= 0.6 is 0 Å². The maximum Gasteiger partial charge on any atom is 0.307 e. The van der Waals surface area contributed by atoms with Gasteiger partial charge in [-0.25, -0.2) is 0 Å². The highest BCUT2D eigenvalue weighted by atomic mass is 16.5. The number of methoxy groups -OCH3 is 1. The van der Waals surface area contributed by atoms with E-state index in [0.717, 1.165) is 27.5 Å². The first-order valence-corrected chi connectivity index (χ1v) is 10.3. The maximum absolute atomic E-state index is 13.0. The Balaban J connectivity index is 1.61. The van der Waals surface area contributed by atoms with Gasteiger partial charge in [0.05, 0.1) is 25.1 Å². The van der Waals surface area contributed by atoms with Gasteiger partial charge in [-0.05, 0) is 39.6 Å². The third-order valence-electron chi connectivity index (χ3n) is 5.43. The molecule has 5 nitrogen and oxygen atoms in total. The number of rotatable bonds is 6. The largest absolute Gasteiger partial charge is 0.507 e. The number of fused-ring (bicyclic) bond motifs is 1. The van der Waals surface area contributed by atoms with E-state index in [-0.39, 0.29) is 17.7 Å². The number of carbonyl (C=O) groups is 2. The predicted molar refractivity (Wildman–Crippen MR) is 124 cm³/mol. The maximum atomic E-state index is 13.0. The van der Waals surface area contributed by atoms with Crippen molar-refractivity contribution in [2.45, 2.75) is 12.5 Å². The quantitative estimate of drug-likeness (QED) is 0.414. The molecule has 0 saturated heterocycles. The van der Waals surface area contributed by atoms with E-state index in [0.29, 0.717) is 0 Å². The zero-order valence-electron chi connectivity index (χ0n) is 17.6. The fourth-order valence-corrected chi connectivity index (χ4v) is 3.69. The minimum atomic E-state index is -0.606. The topological polar surface area (TPSA) is 75.6 Å². The predicted octanol–water partition coefficient (Wildman–Crippen LogP) is 5.25. The van der Waals surface area contributed by atoms with Crippen molar-refractivity contribution in [1.82, 2.24) is 5.32 Å². The number of carbonyl (C=O) groups excluding carboxylic acids is 2. The van der Waals surface area contributed by atoms with Crippen LogP contribution < -0.4 is 5.32 Å². The molecule has 0 spiro atoms. The molecule has 2 N–H and O–H groups in total. The monoisotopic (exact) mass is 425 g/mol. The molecule has 5 heteroatoms. The van der Waals surface area contributed by atoms with Crippen LogP contribution in [0.2, 0.25) is 0 Å². The minimum absolute atomic E-state index is 0.0265. The summed E-state index contributed by atoms with van der Waals surface area (Å²) >= 11 is 0. The fraction of sp³-hybridized carbons (Fsp3) is 0.111. The van der Waals surface area contributed by atoms with E-state index >= 15 is 0 Å². The van der Waals surface area contributed by atoms with Crippen LogP contribution in [0.3, 0.4) is 0 Å². The smallest absolute Gasteiger partial charge is 0.307 e. The Morgan fingerprint density at radius 2 is 1.44 bits per heavy atom. The molecule has 0 saturated carbocycles. The number of phenolic OH excluding ortho intramolecular Hbond substituents is 1. The average molecular weight is 425 g/mol. The Morgan fingerprint density at radius 1 is 0.844 bits per heavy atom. The van der Waals surface area contributed by atoms with Crippen LogP contribution in [0, 0.1) is 0 Å². The lowest BCUT2D eigenvalue weighted by Crippen LogP contribution is -2.30. The van der Waals surface area contributed by atoms with Crippen LogP contribution in [0.4, 0.5) is 0 Å². The summed E-state index contributed by atoms with van der Waals surface area (Å²) in [5.74, 6) is -1.02. The van der Waals surface area contributed by atoms with E-state index in [9.17, 15) is 14.7 Å². The molecule has 160 valence electrons. The van der Waals surface area contributed by atoms with Crippen molar-refractivity contribution in [1.29, 1.82) is 0 Å². The Kier molecular flexibility index (Phi) is 6.17. The van der Waals surface area contributed by atoms with Crippen LogP contribution in [0.1, 0.15) is 28.4 Å². The molecule has 32 heavy (non-hydrogen) atoms. The third kappa shape index (κ3) is 4.62. The molecule has 0 aliphatic rings. The lowest BCUT2D eigenvalue weighted by Gasteiger charge is -2.19. The first kappa shape index (κ1) is 21.1. The summed E-state index contributed by atoms with van der Waals surface area (Å²) in [6.07, 6.45) is -0.0265. The van der Waals surface area contributed by atoms with Crippen molar-refractivity contribution in [3.8, 4) is 16.9 Å². The summed E-state index contributed by atoms with van der Waals surface area (Å²) in [6, 6.07) is 27.7. The second-order valence-electron chi connectivity index (χ2n) is 7.51. The number of benzene rings is 4. The standard InChI is InChI=1S/C27H23NO4/c1-32-26(30)17-24(20-13-11-19(12-14-20)18-7-3-2-4-8-18)28-27(31)23-15-21-9-5-6-10-22(21)16-25(23)29/h2-16,24,29H,17H2,1H3,(H,28,31)/t24-/m1/s1. The number of aromatic hydroxyl groups is 1. The van der Waals surface area contributed by atoms with Crippen molar-refractivity contribution in [3.05, 3.63) is 102 Å². The van der Waals surface area contributed by atoms with E-state index in [2.05, 4.69) is 5.32 Å². The van der Waals surface area contributed by atoms with E-state index in [1.807, 2.05) is 78.9 Å². The van der Waals surface area contributed by atoms with Gasteiger partial charge in [-0.1, -0.05) is 78.9 Å². The molecular weight excluding hydrogens is 402 g/mol. The van der Waals surface area contributed by atoms with Crippen LogP contribution in [0.25, 0.3) is 21.9 Å². The van der Waals surface area contributed by atoms with Gasteiger partial charge >= 0.3 is 5.97 Å². The number of ether oxygens (including phenoxy) is 1. The van der Waals surface area contributed by atoms with Crippen molar-refractivity contribution in [2.24, 2.45) is 0 Å². The van der Waals surface area contributed by atoms with Gasteiger partial charge in [0, 0.05) is 0 Å². The van der Waals surface area contributed by atoms with E-state index in [4.69, 9.17) is 4.74 Å². The van der Waals surface area contributed by atoms with Gasteiger partial charge in [-0.3, -0.25) is 9.59 Å². The van der Waals surface area contributed by atoms with Crippen LogP contribution in [0.5, 0.6) is 5.75 Å². The Morgan fingerprint density at radius 3 is 2.09 bits per heavy atom. The van der Waals surface area contributed by atoms with Crippen LogP contribution in [0.15, 0.2) is 91.0 Å². The highest BCUT2D eigenvalue weighted by Crippen LogP contribution is 2.27. The number of hydrogen-bond acceptors (Lipinski definition) is 4. The minimum Gasteiger partial charge on any atom is -0.507 e. The number of esters is 1.